The van der Waals surface area contributed by atoms with E-state index in [1.807, 2.05) is 35.2 Å². The predicted molar refractivity (Wildman–Crippen MR) is 120 cm³/mol. The molecule has 1 atom stereocenters. The predicted octanol–water partition coefficient (Wildman–Crippen LogP) is 3.34. The van der Waals surface area contributed by atoms with Crippen LogP contribution in [0, 0.1) is 5.92 Å². The van der Waals surface area contributed by atoms with Crippen molar-refractivity contribution in [3.8, 4) is 0 Å². The van der Waals surface area contributed by atoms with Gasteiger partial charge in [-0.2, -0.15) is 0 Å². The van der Waals surface area contributed by atoms with Gasteiger partial charge >= 0.3 is 0 Å². The molecule has 0 bridgehead atoms. The van der Waals surface area contributed by atoms with Crippen molar-refractivity contribution in [2.24, 2.45) is 5.92 Å². The monoisotopic (exact) mass is 419 g/mol. The Morgan fingerprint density at radius 3 is 2.39 bits per heavy atom. The van der Waals surface area contributed by atoms with Crippen molar-refractivity contribution >= 4 is 23.4 Å². The quantitative estimate of drug-likeness (QED) is 0.808. The van der Waals surface area contributed by atoms with Gasteiger partial charge in [-0.05, 0) is 49.4 Å². The van der Waals surface area contributed by atoms with E-state index in [1.54, 1.807) is 29.2 Å². The van der Waals surface area contributed by atoms with Gasteiger partial charge in [0.25, 0.3) is 5.91 Å². The van der Waals surface area contributed by atoms with Crippen LogP contribution in [0.15, 0.2) is 54.6 Å². The molecule has 2 aliphatic heterocycles. The average molecular weight is 420 g/mol. The molecule has 2 aliphatic rings. The van der Waals surface area contributed by atoms with Crippen molar-refractivity contribution in [2.75, 3.05) is 31.5 Å². The van der Waals surface area contributed by atoms with Crippen LogP contribution in [0.3, 0.4) is 0 Å². The van der Waals surface area contributed by atoms with E-state index >= 15 is 0 Å². The summed E-state index contributed by atoms with van der Waals surface area (Å²) in [5.41, 5.74) is 2.21. The summed E-state index contributed by atoms with van der Waals surface area (Å²) >= 11 is 0. The lowest BCUT2D eigenvalue weighted by atomic mass is 9.96. The smallest absolute Gasteiger partial charge is 0.253 e. The Bertz CT molecular complexity index is 938. The second kappa shape index (κ2) is 9.77. The Balaban J connectivity index is 1.35. The Labute approximate surface area is 183 Å². The lowest BCUT2D eigenvalue weighted by Gasteiger charge is -2.32. The van der Waals surface area contributed by atoms with E-state index in [2.05, 4.69) is 5.32 Å². The molecule has 2 fully saturated rings. The highest BCUT2D eigenvalue weighted by atomic mass is 16.2. The van der Waals surface area contributed by atoms with Crippen molar-refractivity contribution in [3.63, 3.8) is 0 Å². The van der Waals surface area contributed by atoms with Gasteiger partial charge < -0.3 is 15.1 Å². The molecule has 2 heterocycles. The van der Waals surface area contributed by atoms with Crippen molar-refractivity contribution in [1.82, 2.24) is 9.80 Å². The first-order valence-electron chi connectivity index (χ1n) is 11.1. The van der Waals surface area contributed by atoms with Crippen LogP contribution >= 0.6 is 0 Å². The first-order chi connectivity index (χ1) is 15.1. The number of anilines is 1. The number of carbonyl (C=O) groups is 3. The molecule has 6 heteroatoms. The number of piperidine rings is 1. The van der Waals surface area contributed by atoms with Gasteiger partial charge in [-0.25, -0.2) is 0 Å². The second-order valence-electron chi connectivity index (χ2n) is 8.41. The fraction of sp³-hybridized carbons (Fsp3) is 0.400. The molecular weight excluding hydrogens is 390 g/mol. The maximum Gasteiger partial charge on any atom is 0.253 e. The number of likely N-dealkylation sites (tertiary alicyclic amines) is 2. The normalized spacial score (nSPS) is 18.6. The van der Waals surface area contributed by atoms with Crippen LogP contribution in [-0.4, -0.2) is 53.7 Å². The summed E-state index contributed by atoms with van der Waals surface area (Å²) in [6.45, 7) is 2.72. The third-order valence-corrected chi connectivity index (χ3v) is 6.11. The van der Waals surface area contributed by atoms with Crippen LogP contribution in [0.2, 0.25) is 0 Å². The summed E-state index contributed by atoms with van der Waals surface area (Å²) in [5.74, 6) is -0.264. The summed E-state index contributed by atoms with van der Waals surface area (Å²) < 4.78 is 0. The molecule has 31 heavy (non-hydrogen) atoms. The fourth-order valence-corrected chi connectivity index (χ4v) is 4.38. The maximum absolute atomic E-state index is 12.9. The maximum atomic E-state index is 12.9. The summed E-state index contributed by atoms with van der Waals surface area (Å²) in [6.07, 6.45) is 4.02. The van der Waals surface area contributed by atoms with Crippen LogP contribution in [0.25, 0.3) is 0 Å². The van der Waals surface area contributed by atoms with Crippen molar-refractivity contribution < 1.29 is 14.4 Å². The minimum atomic E-state index is -0.244. The zero-order valence-corrected chi connectivity index (χ0v) is 17.8. The molecule has 0 aromatic heterocycles. The molecule has 162 valence electrons. The van der Waals surface area contributed by atoms with Gasteiger partial charge in [-0.15, -0.1) is 0 Å². The first-order valence-corrected chi connectivity index (χ1v) is 11.1. The van der Waals surface area contributed by atoms with Gasteiger partial charge in [0.1, 0.15) is 0 Å². The number of benzene rings is 2. The molecule has 2 aromatic rings. The fourth-order valence-electron chi connectivity index (χ4n) is 4.38. The number of nitrogens with one attached hydrogen (secondary N) is 1. The highest BCUT2D eigenvalue weighted by molar-refractivity contribution is 5.98. The number of hydrogen-bond donors (Lipinski definition) is 1. The standard InChI is InChI=1S/C25H29N3O3/c29-23(16-19-8-2-1-3-9-19)28-15-7-11-21(18-28)24(30)26-22-12-6-10-20(17-22)25(31)27-13-4-5-14-27/h1-3,6,8-10,12,17,21H,4-5,7,11,13-16,18H2,(H,26,30). The van der Waals surface area contributed by atoms with E-state index in [0.29, 0.717) is 30.8 Å². The van der Waals surface area contributed by atoms with Crippen molar-refractivity contribution in [1.29, 1.82) is 0 Å². The van der Waals surface area contributed by atoms with Crippen LogP contribution < -0.4 is 5.32 Å². The lowest BCUT2D eigenvalue weighted by Crippen LogP contribution is -2.44. The second-order valence-corrected chi connectivity index (χ2v) is 8.41. The summed E-state index contributed by atoms with van der Waals surface area (Å²) in [6, 6.07) is 16.8. The third-order valence-electron chi connectivity index (χ3n) is 6.11. The summed E-state index contributed by atoms with van der Waals surface area (Å²) in [7, 11) is 0. The Kier molecular flexibility index (Phi) is 6.65. The van der Waals surface area contributed by atoms with E-state index in [-0.39, 0.29) is 23.6 Å². The average Bonchev–Trinajstić information content (AvgIpc) is 3.34. The molecule has 6 nitrogen and oxygen atoms in total. The zero-order chi connectivity index (χ0) is 21.6. The van der Waals surface area contributed by atoms with Gasteiger partial charge in [0.05, 0.1) is 12.3 Å². The van der Waals surface area contributed by atoms with Gasteiger partial charge in [0, 0.05) is 37.4 Å². The molecule has 2 saturated heterocycles. The molecule has 0 saturated carbocycles. The highest BCUT2D eigenvalue weighted by Gasteiger charge is 2.28. The van der Waals surface area contributed by atoms with E-state index < -0.39 is 0 Å². The van der Waals surface area contributed by atoms with Gasteiger partial charge in [0.2, 0.25) is 11.8 Å². The first kappa shape index (κ1) is 21.1. The molecule has 4 rings (SSSR count). The molecule has 0 spiro atoms. The zero-order valence-electron chi connectivity index (χ0n) is 17.8. The molecule has 0 radical (unpaired) electrons. The number of amides is 3. The molecular formula is C25H29N3O3. The number of carbonyl (C=O) groups excluding carboxylic acids is 3. The SMILES string of the molecule is O=C(Nc1cccc(C(=O)N2CCCC2)c1)C1CCCN(C(=O)Cc2ccccc2)C1. The van der Waals surface area contributed by atoms with E-state index in [4.69, 9.17) is 0 Å². The summed E-state index contributed by atoms with van der Waals surface area (Å²) in [5, 5.41) is 2.96. The topological polar surface area (TPSA) is 69.7 Å². The molecule has 3 amide bonds. The number of nitrogens with zero attached hydrogens (tertiary/aromatic N) is 2. The van der Waals surface area contributed by atoms with E-state index in [9.17, 15) is 14.4 Å². The Morgan fingerprint density at radius 1 is 0.871 bits per heavy atom. The molecule has 2 aromatic carbocycles. The van der Waals surface area contributed by atoms with Gasteiger partial charge in [0.15, 0.2) is 0 Å². The third kappa shape index (κ3) is 5.32. The van der Waals surface area contributed by atoms with E-state index in [1.165, 1.54) is 0 Å². The van der Waals surface area contributed by atoms with Crippen molar-refractivity contribution in [2.45, 2.75) is 32.1 Å². The van der Waals surface area contributed by atoms with Crippen LogP contribution in [0.4, 0.5) is 5.69 Å². The highest BCUT2D eigenvalue weighted by Crippen LogP contribution is 2.21. The van der Waals surface area contributed by atoms with Crippen LogP contribution in [0.5, 0.6) is 0 Å². The number of hydrogen-bond acceptors (Lipinski definition) is 3. The molecule has 1 N–H and O–H groups in total. The lowest BCUT2D eigenvalue weighted by molar-refractivity contribution is -0.133. The van der Waals surface area contributed by atoms with Gasteiger partial charge in [-0.1, -0.05) is 36.4 Å². The Hall–Kier alpha value is -3.15. The summed E-state index contributed by atoms with van der Waals surface area (Å²) in [4.78, 5) is 41.9. The largest absolute Gasteiger partial charge is 0.342 e. The van der Waals surface area contributed by atoms with Crippen LogP contribution in [0.1, 0.15) is 41.6 Å². The Morgan fingerprint density at radius 2 is 1.61 bits per heavy atom. The minimum Gasteiger partial charge on any atom is -0.342 e. The van der Waals surface area contributed by atoms with Gasteiger partial charge in [-0.3, -0.25) is 14.4 Å². The van der Waals surface area contributed by atoms with Crippen molar-refractivity contribution in [3.05, 3.63) is 65.7 Å². The minimum absolute atomic E-state index is 0.0175. The molecule has 1 unspecified atom stereocenters. The van der Waals surface area contributed by atoms with Crippen LogP contribution in [-0.2, 0) is 16.0 Å². The molecule has 0 aliphatic carbocycles. The number of rotatable bonds is 5. The van der Waals surface area contributed by atoms with E-state index in [0.717, 1.165) is 44.3 Å².